The number of ether oxygens (including phenoxy) is 3. The molecule has 1 saturated heterocycles. The minimum absolute atomic E-state index is 0.0202. The van der Waals surface area contributed by atoms with Crippen LogP contribution in [0, 0.1) is 11.3 Å². The van der Waals surface area contributed by atoms with Gasteiger partial charge in [-0.05, 0) is 30.2 Å². The number of aryl methyl sites for hydroxylation is 1. The topological polar surface area (TPSA) is 75.0 Å². The Morgan fingerprint density at radius 1 is 1.06 bits per heavy atom. The van der Waals surface area contributed by atoms with Gasteiger partial charge in [0.05, 0.1) is 50.5 Å². The molecule has 1 atom stereocenters. The Hall–Kier alpha value is -3.31. The van der Waals surface area contributed by atoms with E-state index in [-0.39, 0.29) is 12.3 Å². The summed E-state index contributed by atoms with van der Waals surface area (Å²) < 4.78 is 16.4. The van der Waals surface area contributed by atoms with E-state index in [0.29, 0.717) is 35.4 Å². The molecule has 0 radical (unpaired) electrons. The number of rotatable bonds is 6. The summed E-state index contributed by atoms with van der Waals surface area (Å²) in [5.41, 5.74) is 3.65. The van der Waals surface area contributed by atoms with Crippen molar-refractivity contribution in [2.24, 2.45) is 0 Å². The van der Waals surface area contributed by atoms with Crippen molar-refractivity contribution in [3.63, 3.8) is 0 Å². The maximum atomic E-state index is 13.3. The maximum Gasteiger partial charge on any atom is 0.229 e. The molecule has 1 fully saturated rings. The monoisotopic (exact) mass is 465 g/mol. The number of amides is 1. The summed E-state index contributed by atoms with van der Waals surface area (Å²) in [6.07, 6.45) is 1.17. The molecule has 0 N–H and O–H groups in total. The molecule has 2 aromatic rings. The first-order valence-corrected chi connectivity index (χ1v) is 11.7. The molecular formula is C25H27N3O4S. The number of benzene rings is 2. The van der Waals surface area contributed by atoms with E-state index >= 15 is 0 Å². The van der Waals surface area contributed by atoms with Crippen LogP contribution in [0.2, 0.25) is 0 Å². The lowest BCUT2D eigenvalue weighted by Crippen LogP contribution is -2.47. The highest BCUT2D eigenvalue weighted by Gasteiger charge is 2.39. The average molecular weight is 466 g/mol. The normalized spacial score (nSPS) is 18.0. The van der Waals surface area contributed by atoms with E-state index in [9.17, 15) is 10.1 Å². The Morgan fingerprint density at radius 2 is 1.73 bits per heavy atom. The third kappa shape index (κ3) is 4.21. The molecule has 0 saturated carbocycles. The number of nitrogens with zero attached hydrogens (tertiary/aromatic N) is 3. The van der Waals surface area contributed by atoms with E-state index in [2.05, 4.69) is 42.2 Å². The molecule has 1 amide bonds. The van der Waals surface area contributed by atoms with E-state index in [1.165, 1.54) is 17.3 Å². The highest BCUT2D eigenvalue weighted by Crippen LogP contribution is 2.47. The van der Waals surface area contributed by atoms with Crippen molar-refractivity contribution in [1.82, 2.24) is 4.90 Å². The van der Waals surface area contributed by atoms with Crippen LogP contribution < -0.4 is 19.1 Å². The van der Waals surface area contributed by atoms with E-state index in [0.717, 1.165) is 22.7 Å². The number of fused-ring (bicyclic) bond motifs is 1. The number of nitriles is 1. The predicted molar refractivity (Wildman–Crippen MR) is 129 cm³/mol. The molecule has 33 heavy (non-hydrogen) atoms. The number of anilines is 1. The Labute approximate surface area is 198 Å². The predicted octanol–water partition coefficient (Wildman–Crippen LogP) is 4.49. The second-order valence-electron chi connectivity index (χ2n) is 7.83. The number of methoxy groups -OCH3 is 3. The Balaban J connectivity index is 1.69. The standard InChI is InChI=1S/C25H27N3O4S/c1-5-16-6-8-17(9-7-16)27-14-28-24(29)11-18(20(13-26)25(28)33-15-27)19-10-22(31-3)23(32-4)12-21(19)30-2/h6-10,12,18H,5,11,14-15H2,1-4H3. The van der Waals surface area contributed by atoms with Crippen LogP contribution in [-0.4, -0.2) is 44.7 Å². The summed E-state index contributed by atoms with van der Waals surface area (Å²) in [6, 6.07) is 14.3. The zero-order valence-electron chi connectivity index (χ0n) is 19.3. The highest BCUT2D eigenvalue weighted by molar-refractivity contribution is 8.03. The van der Waals surface area contributed by atoms with E-state index < -0.39 is 5.92 Å². The molecule has 2 heterocycles. The number of carbonyl (C=O) groups excluding carboxylic acids is 1. The molecule has 0 bridgehead atoms. The SMILES string of the molecule is CCc1ccc(N2CSC3=C(C#N)C(c4cc(OC)c(OC)cc4OC)CC(=O)N3C2)cc1. The van der Waals surface area contributed by atoms with E-state index in [4.69, 9.17) is 14.2 Å². The fraction of sp³-hybridized carbons (Fsp3) is 0.360. The van der Waals surface area contributed by atoms with Crippen molar-refractivity contribution >= 4 is 23.4 Å². The molecule has 8 heteroatoms. The number of hydrogen-bond donors (Lipinski definition) is 0. The highest BCUT2D eigenvalue weighted by atomic mass is 32.2. The summed E-state index contributed by atoms with van der Waals surface area (Å²) in [5.74, 6) is 1.85. The second kappa shape index (κ2) is 9.67. The lowest BCUT2D eigenvalue weighted by atomic mass is 9.85. The van der Waals surface area contributed by atoms with Gasteiger partial charge in [0.25, 0.3) is 0 Å². The first kappa shape index (κ1) is 22.9. The second-order valence-corrected chi connectivity index (χ2v) is 8.77. The zero-order valence-corrected chi connectivity index (χ0v) is 20.1. The molecule has 4 rings (SSSR count). The van der Waals surface area contributed by atoms with Crippen molar-refractivity contribution in [2.45, 2.75) is 25.7 Å². The van der Waals surface area contributed by atoms with Crippen molar-refractivity contribution in [1.29, 1.82) is 5.26 Å². The third-order valence-electron chi connectivity index (χ3n) is 6.11. The minimum Gasteiger partial charge on any atom is -0.496 e. The van der Waals surface area contributed by atoms with Gasteiger partial charge in [0, 0.05) is 29.7 Å². The Kier molecular flexibility index (Phi) is 6.70. The molecule has 0 aromatic heterocycles. The molecule has 0 aliphatic carbocycles. The summed E-state index contributed by atoms with van der Waals surface area (Å²) >= 11 is 1.52. The summed E-state index contributed by atoms with van der Waals surface area (Å²) in [6.45, 7) is 2.55. The Bertz CT molecular complexity index is 1120. The molecule has 1 unspecified atom stereocenters. The van der Waals surface area contributed by atoms with Crippen LogP contribution >= 0.6 is 11.8 Å². The zero-order chi connectivity index (χ0) is 23.5. The molecular weight excluding hydrogens is 438 g/mol. The molecule has 0 spiro atoms. The van der Waals surface area contributed by atoms with Crippen LogP contribution in [0.1, 0.15) is 30.4 Å². The van der Waals surface area contributed by atoms with Crippen LogP contribution in [-0.2, 0) is 11.2 Å². The molecule has 172 valence electrons. The Morgan fingerprint density at radius 3 is 2.33 bits per heavy atom. The van der Waals surface area contributed by atoms with Crippen LogP contribution in [0.5, 0.6) is 17.2 Å². The fourth-order valence-corrected chi connectivity index (χ4v) is 5.43. The number of allylic oxidation sites excluding steroid dienone is 1. The first-order chi connectivity index (χ1) is 16.0. The van der Waals surface area contributed by atoms with Gasteiger partial charge >= 0.3 is 0 Å². The largest absolute Gasteiger partial charge is 0.496 e. The number of carbonyl (C=O) groups is 1. The van der Waals surface area contributed by atoms with Crippen LogP contribution in [0.4, 0.5) is 5.69 Å². The molecule has 2 aliphatic rings. The third-order valence-corrected chi connectivity index (χ3v) is 7.27. The van der Waals surface area contributed by atoms with Gasteiger partial charge in [0.1, 0.15) is 5.75 Å². The van der Waals surface area contributed by atoms with Crippen LogP contribution in [0.3, 0.4) is 0 Å². The van der Waals surface area contributed by atoms with Gasteiger partial charge in [-0.1, -0.05) is 30.8 Å². The van der Waals surface area contributed by atoms with Crippen molar-refractivity contribution in [3.05, 3.63) is 58.1 Å². The van der Waals surface area contributed by atoms with Gasteiger partial charge in [-0.3, -0.25) is 9.69 Å². The van der Waals surface area contributed by atoms with Crippen LogP contribution in [0.15, 0.2) is 47.0 Å². The number of thioether (sulfide) groups is 1. The smallest absolute Gasteiger partial charge is 0.229 e. The van der Waals surface area contributed by atoms with Gasteiger partial charge in [-0.25, -0.2) is 0 Å². The van der Waals surface area contributed by atoms with Gasteiger partial charge in [-0.2, -0.15) is 5.26 Å². The van der Waals surface area contributed by atoms with Gasteiger partial charge in [0.2, 0.25) is 5.91 Å². The quantitative estimate of drug-likeness (QED) is 0.622. The lowest BCUT2D eigenvalue weighted by Gasteiger charge is -2.42. The summed E-state index contributed by atoms with van der Waals surface area (Å²) in [5, 5.41) is 10.8. The van der Waals surface area contributed by atoms with Crippen molar-refractivity contribution in [2.75, 3.05) is 38.8 Å². The minimum atomic E-state index is -0.411. The molecule has 2 aliphatic heterocycles. The van der Waals surface area contributed by atoms with Gasteiger partial charge < -0.3 is 19.1 Å². The van der Waals surface area contributed by atoms with Gasteiger partial charge in [0.15, 0.2) is 11.5 Å². The molecule has 7 nitrogen and oxygen atoms in total. The first-order valence-electron chi connectivity index (χ1n) is 10.8. The summed E-state index contributed by atoms with van der Waals surface area (Å²) in [4.78, 5) is 17.2. The fourth-order valence-electron chi connectivity index (χ4n) is 4.26. The van der Waals surface area contributed by atoms with Crippen LogP contribution in [0.25, 0.3) is 0 Å². The maximum absolute atomic E-state index is 13.3. The van der Waals surface area contributed by atoms with Gasteiger partial charge in [-0.15, -0.1) is 0 Å². The summed E-state index contributed by atoms with van der Waals surface area (Å²) in [7, 11) is 4.68. The average Bonchev–Trinajstić information content (AvgIpc) is 2.87. The van der Waals surface area contributed by atoms with E-state index in [1.54, 1.807) is 38.4 Å². The van der Waals surface area contributed by atoms with Crippen molar-refractivity contribution < 1.29 is 19.0 Å². The number of hydrogen-bond acceptors (Lipinski definition) is 7. The lowest BCUT2D eigenvalue weighted by molar-refractivity contribution is -0.129. The van der Waals surface area contributed by atoms with E-state index in [1.807, 2.05) is 0 Å². The molecule has 2 aromatic carbocycles. The van der Waals surface area contributed by atoms with Crippen molar-refractivity contribution in [3.8, 4) is 23.3 Å².